The Labute approximate surface area is 109 Å². The fraction of sp³-hybridized carbons (Fsp3) is 0.250. The lowest BCUT2D eigenvalue weighted by atomic mass is 10.2. The molecule has 1 aromatic rings. The van der Waals surface area contributed by atoms with E-state index >= 15 is 0 Å². The zero-order chi connectivity index (χ0) is 13.8. The topological polar surface area (TPSA) is 98.7 Å². The fourth-order valence-corrected chi connectivity index (χ4v) is 1.87. The van der Waals surface area contributed by atoms with Crippen molar-refractivity contribution in [3.63, 3.8) is 0 Å². The van der Waals surface area contributed by atoms with E-state index in [9.17, 15) is 14.4 Å². The Hall–Kier alpha value is -2.57. The third-order valence-electron chi connectivity index (χ3n) is 2.72. The summed E-state index contributed by atoms with van der Waals surface area (Å²) < 4.78 is 0. The van der Waals surface area contributed by atoms with Crippen LogP contribution in [-0.4, -0.2) is 36.1 Å². The Bertz CT molecular complexity index is 529. The monoisotopic (exact) mass is 263 g/mol. The number of amides is 3. The Morgan fingerprint density at radius 2 is 2.11 bits per heavy atom. The highest BCUT2D eigenvalue weighted by Gasteiger charge is 2.23. The molecule has 7 heteroatoms. The molecule has 0 fully saturated rings. The summed E-state index contributed by atoms with van der Waals surface area (Å²) in [4.78, 5) is 35.3. The van der Waals surface area contributed by atoms with Crippen molar-refractivity contribution >= 4 is 29.3 Å². The highest BCUT2D eigenvalue weighted by molar-refractivity contribution is 6.04. The summed E-state index contributed by atoms with van der Waals surface area (Å²) in [5, 5.41) is 13.2. The summed E-state index contributed by atoms with van der Waals surface area (Å²) >= 11 is 0. The van der Waals surface area contributed by atoms with Crippen molar-refractivity contribution in [2.45, 2.75) is 6.42 Å². The van der Waals surface area contributed by atoms with Gasteiger partial charge in [0.2, 0.25) is 11.8 Å². The molecule has 3 amide bonds. The van der Waals surface area contributed by atoms with E-state index in [1.165, 1.54) is 4.90 Å². The number of para-hydroxylation sites is 2. The lowest BCUT2D eigenvalue weighted by Crippen LogP contribution is -2.40. The van der Waals surface area contributed by atoms with Crippen LogP contribution in [0.3, 0.4) is 0 Å². The first-order chi connectivity index (χ1) is 9.08. The molecule has 19 heavy (non-hydrogen) atoms. The number of anilines is 2. The molecule has 1 aliphatic rings. The van der Waals surface area contributed by atoms with Crippen molar-refractivity contribution in [1.29, 1.82) is 0 Å². The minimum atomic E-state index is -1.26. The Morgan fingerprint density at radius 1 is 1.37 bits per heavy atom. The number of rotatable bonds is 2. The van der Waals surface area contributed by atoms with Crippen LogP contribution in [0.1, 0.15) is 6.42 Å². The number of benzene rings is 1. The SMILES string of the molecule is O=C(O)NCC(=O)N1CCC(=O)Nc2ccccc21. The zero-order valence-corrected chi connectivity index (χ0v) is 10.0. The number of nitrogens with one attached hydrogen (secondary N) is 2. The van der Waals surface area contributed by atoms with Crippen molar-refractivity contribution in [3.05, 3.63) is 24.3 Å². The molecule has 0 atom stereocenters. The van der Waals surface area contributed by atoms with Gasteiger partial charge in [-0.2, -0.15) is 0 Å². The molecular weight excluding hydrogens is 250 g/mol. The Morgan fingerprint density at radius 3 is 2.84 bits per heavy atom. The van der Waals surface area contributed by atoms with Gasteiger partial charge in [0, 0.05) is 13.0 Å². The minimum absolute atomic E-state index is 0.172. The number of nitrogens with zero attached hydrogens (tertiary/aromatic N) is 1. The molecule has 7 nitrogen and oxygen atoms in total. The van der Waals surface area contributed by atoms with Crippen LogP contribution in [0, 0.1) is 0 Å². The maximum Gasteiger partial charge on any atom is 0.405 e. The second-order valence-corrected chi connectivity index (χ2v) is 4.02. The van der Waals surface area contributed by atoms with E-state index in [1.807, 2.05) is 5.32 Å². The smallest absolute Gasteiger partial charge is 0.405 e. The van der Waals surface area contributed by atoms with E-state index in [1.54, 1.807) is 24.3 Å². The molecule has 1 heterocycles. The van der Waals surface area contributed by atoms with Gasteiger partial charge in [0.25, 0.3) is 0 Å². The molecule has 3 N–H and O–H groups in total. The first kappa shape index (κ1) is 12.9. The average molecular weight is 263 g/mol. The highest BCUT2D eigenvalue weighted by Crippen LogP contribution is 2.28. The molecule has 0 aromatic heterocycles. The number of carbonyl (C=O) groups excluding carboxylic acids is 2. The lowest BCUT2D eigenvalue weighted by molar-refractivity contribution is -0.118. The molecule has 0 bridgehead atoms. The first-order valence-corrected chi connectivity index (χ1v) is 5.74. The molecule has 0 radical (unpaired) electrons. The highest BCUT2D eigenvalue weighted by atomic mass is 16.4. The third kappa shape index (κ3) is 3.01. The standard InChI is InChI=1S/C12H13N3O4/c16-10-5-6-15(11(17)7-13-12(18)19)9-4-2-1-3-8(9)14-10/h1-4,13H,5-7H2,(H,14,16)(H,18,19). The van der Waals surface area contributed by atoms with Crippen LogP contribution in [0.2, 0.25) is 0 Å². The van der Waals surface area contributed by atoms with Gasteiger partial charge >= 0.3 is 6.09 Å². The summed E-state index contributed by atoms with van der Waals surface area (Å²) in [6.45, 7) is -0.0964. The van der Waals surface area contributed by atoms with Gasteiger partial charge in [0.1, 0.15) is 6.54 Å². The van der Waals surface area contributed by atoms with E-state index in [0.717, 1.165) is 0 Å². The van der Waals surface area contributed by atoms with Gasteiger partial charge in [0.05, 0.1) is 11.4 Å². The zero-order valence-electron chi connectivity index (χ0n) is 10.0. The van der Waals surface area contributed by atoms with Crippen LogP contribution >= 0.6 is 0 Å². The first-order valence-electron chi connectivity index (χ1n) is 5.74. The van der Waals surface area contributed by atoms with Crippen molar-refractivity contribution < 1.29 is 19.5 Å². The van der Waals surface area contributed by atoms with Gasteiger partial charge in [-0.25, -0.2) is 4.79 Å². The summed E-state index contributed by atoms with van der Waals surface area (Å²) in [5.74, 6) is -0.569. The van der Waals surface area contributed by atoms with Crippen molar-refractivity contribution in [3.8, 4) is 0 Å². The molecule has 1 aromatic carbocycles. The van der Waals surface area contributed by atoms with Gasteiger partial charge in [-0.1, -0.05) is 12.1 Å². The van der Waals surface area contributed by atoms with Crippen molar-refractivity contribution in [2.24, 2.45) is 0 Å². The van der Waals surface area contributed by atoms with Crippen LogP contribution in [0.25, 0.3) is 0 Å². The number of hydrogen-bond acceptors (Lipinski definition) is 3. The minimum Gasteiger partial charge on any atom is -0.465 e. The second-order valence-electron chi connectivity index (χ2n) is 4.02. The van der Waals surface area contributed by atoms with E-state index in [4.69, 9.17) is 5.11 Å². The number of carboxylic acid groups (broad SMARTS) is 1. The predicted octanol–water partition coefficient (Wildman–Crippen LogP) is 0.629. The molecule has 100 valence electrons. The maximum atomic E-state index is 12.0. The maximum absolute atomic E-state index is 12.0. The van der Waals surface area contributed by atoms with Crippen LogP contribution in [-0.2, 0) is 9.59 Å². The van der Waals surface area contributed by atoms with Gasteiger partial charge in [-0.3, -0.25) is 9.59 Å². The van der Waals surface area contributed by atoms with Crippen molar-refractivity contribution in [1.82, 2.24) is 5.32 Å². The normalized spacial score (nSPS) is 14.1. The quantitative estimate of drug-likeness (QED) is 0.728. The number of carbonyl (C=O) groups is 3. The molecule has 0 unspecified atom stereocenters. The van der Waals surface area contributed by atoms with Gasteiger partial charge in [-0.05, 0) is 12.1 Å². The Balaban J connectivity index is 2.23. The molecule has 2 rings (SSSR count). The Kier molecular flexibility index (Phi) is 3.65. The summed E-state index contributed by atoms with van der Waals surface area (Å²) in [6, 6.07) is 6.91. The summed E-state index contributed by atoms with van der Waals surface area (Å²) in [7, 11) is 0. The van der Waals surface area contributed by atoms with Crippen LogP contribution in [0.15, 0.2) is 24.3 Å². The van der Waals surface area contributed by atoms with E-state index in [0.29, 0.717) is 11.4 Å². The fourth-order valence-electron chi connectivity index (χ4n) is 1.87. The summed E-state index contributed by atoms with van der Waals surface area (Å²) in [6.07, 6.45) is -1.08. The lowest BCUT2D eigenvalue weighted by Gasteiger charge is -2.21. The molecular formula is C12H13N3O4. The largest absolute Gasteiger partial charge is 0.465 e. The van der Waals surface area contributed by atoms with Crippen LogP contribution < -0.4 is 15.5 Å². The van der Waals surface area contributed by atoms with Gasteiger partial charge in [0.15, 0.2) is 0 Å². The van der Waals surface area contributed by atoms with Crippen molar-refractivity contribution in [2.75, 3.05) is 23.3 Å². The van der Waals surface area contributed by atoms with E-state index in [-0.39, 0.29) is 25.4 Å². The number of fused-ring (bicyclic) bond motifs is 1. The molecule has 0 aliphatic carbocycles. The molecule has 0 saturated carbocycles. The number of hydrogen-bond donors (Lipinski definition) is 3. The van der Waals surface area contributed by atoms with E-state index in [2.05, 4.69) is 5.32 Å². The average Bonchev–Trinajstić information content (AvgIpc) is 2.54. The molecule has 0 spiro atoms. The second kappa shape index (κ2) is 5.38. The molecule has 0 saturated heterocycles. The third-order valence-corrected chi connectivity index (χ3v) is 2.72. The van der Waals surface area contributed by atoms with Gasteiger partial charge < -0.3 is 20.6 Å². The summed E-state index contributed by atoms with van der Waals surface area (Å²) in [5.41, 5.74) is 1.12. The predicted molar refractivity (Wildman–Crippen MR) is 68.1 cm³/mol. The molecule has 1 aliphatic heterocycles. The van der Waals surface area contributed by atoms with E-state index < -0.39 is 12.0 Å². The van der Waals surface area contributed by atoms with Crippen LogP contribution in [0.5, 0.6) is 0 Å². The van der Waals surface area contributed by atoms with Gasteiger partial charge in [-0.15, -0.1) is 0 Å². The van der Waals surface area contributed by atoms with Crippen LogP contribution in [0.4, 0.5) is 16.2 Å².